The van der Waals surface area contributed by atoms with Crippen LogP contribution in [-0.2, 0) is 0 Å². The molecule has 0 aromatic heterocycles. The highest BCUT2D eigenvalue weighted by atomic mass is 14.3. The largest absolute Gasteiger partial charge is 0.0683 e. The van der Waals surface area contributed by atoms with Crippen LogP contribution in [0.15, 0.2) is 30.3 Å². The second kappa shape index (κ2) is 8.33. The molecule has 0 aliphatic carbocycles. The Kier molecular flexibility index (Phi) is 7.95. The van der Waals surface area contributed by atoms with E-state index in [0.29, 0.717) is 5.92 Å². The van der Waals surface area contributed by atoms with Gasteiger partial charge in [0.1, 0.15) is 0 Å². The molecule has 0 heteroatoms. The lowest BCUT2D eigenvalue weighted by molar-refractivity contribution is 0.264. The Balaban J connectivity index is 0.00000121. The molecule has 1 aromatic rings. The Hall–Kier alpha value is -0.780. The second-order valence-electron chi connectivity index (χ2n) is 5.16. The molecule has 0 amide bonds. The third-order valence-electron chi connectivity index (χ3n) is 3.99. The summed E-state index contributed by atoms with van der Waals surface area (Å²) in [5.74, 6) is 2.95. The van der Waals surface area contributed by atoms with Gasteiger partial charge in [-0.25, -0.2) is 0 Å². The van der Waals surface area contributed by atoms with Gasteiger partial charge in [-0.05, 0) is 29.2 Å². The van der Waals surface area contributed by atoms with Crippen molar-refractivity contribution in [3.8, 4) is 0 Å². The van der Waals surface area contributed by atoms with E-state index in [-0.39, 0.29) is 0 Å². The van der Waals surface area contributed by atoms with Crippen LogP contribution in [0.1, 0.15) is 59.9 Å². The van der Waals surface area contributed by atoms with Gasteiger partial charge in [-0.3, -0.25) is 0 Å². The van der Waals surface area contributed by atoms with Gasteiger partial charge >= 0.3 is 0 Å². The van der Waals surface area contributed by atoms with Crippen molar-refractivity contribution in [1.29, 1.82) is 0 Å². The van der Waals surface area contributed by atoms with Crippen molar-refractivity contribution in [3.05, 3.63) is 35.9 Å². The summed E-state index contributed by atoms with van der Waals surface area (Å²) in [7, 11) is 0. The lowest BCUT2D eigenvalue weighted by atomic mass is 9.76. The van der Waals surface area contributed by atoms with Crippen molar-refractivity contribution >= 4 is 0 Å². The molecule has 0 bridgehead atoms. The van der Waals surface area contributed by atoms with Gasteiger partial charge in [0, 0.05) is 0 Å². The van der Waals surface area contributed by atoms with Gasteiger partial charge in [0.25, 0.3) is 0 Å². The minimum atomic E-state index is 0.656. The Morgan fingerprint density at radius 1 is 0.706 bits per heavy atom. The zero-order chi connectivity index (χ0) is 13.4. The van der Waals surface area contributed by atoms with Gasteiger partial charge in [-0.2, -0.15) is 0 Å². The molecule has 17 heavy (non-hydrogen) atoms. The van der Waals surface area contributed by atoms with E-state index in [0.717, 1.165) is 17.8 Å². The van der Waals surface area contributed by atoms with E-state index < -0.39 is 0 Å². The molecule has 3 unspecified atom stereocenters. The third kappa shape index (κ3) is 4.93. The average Bonchev–Trinajstić information content (AvgIpc) is 2.39. The van der Waals surface area contributed by atoms with Gasteiger partial charge < -0.3 is 0 Å². The number of rotatable bonds is 4. The van der Waals surface area contributed by atoms with Crippen LogP contribution in [0.5, 0.6) is 0 Å². The summed E-state index contributed by atoms with van der Waals surface area (Å²) in [6.07, 6.45) is 0. The predicted molar refractivity (Wildman–Crippen MR) is 79.4 cm³/mol. The molecule has 0 aliphatic heterocycles. The van der Waals surface area contributed by atoms with Gasteiger partial charge in [0.2, 0.25) is 0 Å². The quantitative estimate of drug-likeness (QED) is 0.622. The molecule has 0 nitrogen and oxygen atoms in total. The normalized spacial score (nSPS) is 15.8. The van der Waals surface area contributed by atoms with E-state index in [4.69, 9.17) is 0 Å². The van der Waals surface area contributed by atoms with Gasteiger partial charge in [-0.1, -0.05) is 78.8 Å². The van der Waals surface area contributed by atoms with E-state index in [1.807, 2.05) is 13.8 Å². The molecule has 0 saturated heterocycles. The third-order valence-corrected chi connectivity index (χ3v) is 3.99. The first-order valence-electron chi connectivity index (χ1n) is 7.09. The van der Waals surface area contributed by atoms with Crippen molar-refractivity contribution < 1.29 is 0 Å². The topological polar surface area (TPSA) is 0 Å². The minimum Gasteiger partial charge on any atom is -0.0683 e. The van der Waals surface area contributed by atoms with E-state index >= 15 is 0 Å². The highest BCUT2D eigenvalue weighted by Crippen LogP contribution is 2.32. The standard InChI is InChI=1S/C15H24.C2H6/c1-11(2)12(3)13(4)14(5)15-9-7-6-8-10-15;1-2/h6-14H,1-5H3;1-2H3. The van der Waals surface area contributed by atoms with Crippen LogP contribution >= 0.6 is 0 Å². The molecule has 3 atom stereocenters. The zero-order valence-electron chi connectivity index (χ0n) is 12.7. The molecule has 0 N–H and O–H groups in total. The Morgan fingerprint density at radius 3 is 1.59 bits per heavy atom. The van der Waals surface area contributed by atoms with Crippen LogP contribution in [0.4, 0.5) is 0 Å². The van der Waals surface area contributed by atoms with Crippen molar-refractivity contribution in [2.75, 3.05) is 0 Å². The fourth-order valence-corrected chi connectivity index (χ4v) is 2.12. The molecule has 0 aliphatic rings. The van der Waals surface area contributed by atoms with Crippen molar-refractivity contribution in [3.63, 3.8) is 0 Å². The van der Waals surface area contributed by atoms with E-state index in [9.17, 15) is 0 Å². The average molecular weight is 234 g/mol. The summed E-state index contributed by atoms with van der Waals surface area (Å²) in [6, 6.07) is 10.9. The molecule has 0 saturated carbocycles. The molecule has 0 heterocycles. The summed E-state index contributed by atoms with van der Waals surface area (Å²) in [4.78, 5) is 0. The van der Waals surface area contributed by atoms with Gasteiger partial charge in [-0.15, -0.1) is 0 Å². The molecule has 1 aromatic carbocycles. The van der Waals surface area contributed by atoms with E-state index in [1.165, 1.54) is 5.56 Å². The molecule has 0 spiro atoms. The zero-order valence-corrected chi connectivity index (χ0v) is 12.7. The van der Waals surface area contributed by atoms with Crippen LogP contribution in [0.3, 0.4) is 0 Å². The van der Waals surface area contributed by atoms with Crippen LogP contribution in [0.25, 0.3) is 0 Å². The maximum Gasteiger partial charge on any atom is -0.0162 e. The summed E-state index contributed by atoms with van der Waals surface area (Å²) in [5, 5.41) is 0. The fraction of sp³-hybridized carbons (Fsp3) is 0.647. The van der Waals surface area contributed by atoms with E-state index in [2.05, 4.69) is 65.0 Å². The maximum atomic E-state index is 2.38. The summed E-state index contributed by atoms with van der Waals surface area (Å²) >= 11 is 0. The SMILES string of the molecule is CC.CC(C)C(C)C(C)C(C)c1ccccc1. The van der Waals surface area contributed by atoms with Crippen LogP contribution in [0, 0.1) is 17.8 Å². The lowest BCUT2D eigenvalue weighted by Gasteiger charge is -2.29. The number of hydrogen-bond donors (Lipinski definition) is 0. The smallest absolute Gasteiger partial charge is 0.0162 e. The van der Waals surface area contributed by atoms with Crippen LogP contribution < -0.4 is 0 Å². The maximum absolute atomic E-state index is 2.38. The second-order valence-corrected chi connectivity index (χ2v) is 5.16. The molecular formula is C17H30. The molecule has 0 fully saturated rings. The first kappa shape index (κ1) is 16.2. The minimum absolute atomic E-state index is 0.656. The monoisotopic (exact) mass is 234 g/mol. The molecule has 1 rings (SSSR count). The summed E-state index contributed by atoms with van der Waals surface area (Å²) in [6.45, 7) is 15.7. The van der Waals surface area contributed by atoms with Crippen molar-refractivity contribution in [1.82, 2.24) is 0 Å². The number of benzene rings is 1. The highest BCUT2D eigenvalue weighted by molar-refractivity contribution is 5.19. The molecular weight excluding hydrogens is 204 g/mol. The molecule has 0 radical (unpaired) electrons. The van der Waals surface area contributed by atoms with Crippen LogP contribution in [-0.4, -0.2) is 0 Å². The Morgan fingerprint density at radius 2 is 1.18 bits per heavy atom. The highest BCUT2D eigenvalue weighted by Gasteiger charge is 2.22. The Bertz CT molecular complexity index is 273. The number of hydrogen-bond acceptors (Lipinski definition) is 0. The van der Waals surface area contributed by atoms with Crippen molar-refractivity contribution in [2.45, 2.75) is 54.4 Å². The van der Waals surface area contributed by atoms with Crippen molar-refractivity contribution in [2.24, 2.45) is 17.8 Å². The Labute approximate surface area is 108 Å². The predicted octanol–water partition coefficient (Wildman–Crippen LogP) is 5.74. The summed E-state index contributed by atoms with van der Waals surface area (Å²) < 4.78 is 0. The van der Waals surface area contributed by atoms with E-state index in [1.54, 1.807) is 0 Å². The van der Waals surface area contributed by atoms with Gasteiger partial charge in [0.05, 0.1) is 0 Å². The molecule has 98 valence electrons. The fourth-order valence-electron chi connectivity index (χ4n) is 2.12. The van der Waals surface area contributed by atoms with Crippen LogP contribution in [0.2, 0.25) is 0 Å². The lowest BCUT2D eigenvalue weighted by Crippen LogP contribution is -2.19. The first-order valence-corrected chi connectivity index (χ1v) is 7.09. The van der Waals surface area contributed by atoms with Gasteiger partial charge in [0.15, 0.2) is 0 Å². The first-order chi connectivity index (χ1) is 8.04. The summed E-state index contributed by atoms with van der Waals surface area (Å²) in [5.41, 5.74) is 1.47.